The highest BCUT2D eigenvalue weighted by Crippen LogP contribution is 2.58. The van der Waals surface area contributed by atoms with Crippen molar-refractivity contribution in [2.45, 2.75) is 82.0 Å². The molecule has 0 saturated heterocycles. The molecular formula is C26H27F5N4O2. The molecule has 4 fully saturated rings. The molecule has 4 aliphatic carbocycles. The lowest BCUT2D eigenvalue weighted by Crippen LogP contribution is -2.51. The molecule has 198 valence electrons. The van der Waals surface area contributed by atoms with Crippen LogP contribution in [0.4, 0.5) is 27.6 Å². The first-order valence-corrected chi connectivity index (χ1v) is 12.4. The van der Waals surface area contributed by atoms with Gasteiger partial charge in [-0.1, -0.05) is 5.16 Å². The molecule has 1 heterocycles. The topological polar surface area (TPSA) is 83.0 Å². The van der Waals surface area contributed by atoms with Crippen molar-refractivity contribution in [1.29, 1.82) is 5.26 Å². The molecule has 0 spiro atoms. The number of alkyl halides is 4. The van der Waals surface area contributed by atoms with E-state index in [0.29, 0.717) is 45.4 Å². The van der Waals surface area contributed by atoms with Gasteiger partial charge < -0.3 is 9.42 Å². The lowest BCUT2D eigenvalue weighted by molar-refractivity contribution is -0.132. The number of hydrogen-bond donors (Lipinski definition) is 0. The van der Waals surface area contributed by atoms with E-state index in [1.807, 2.05) is 6.07 Å². The maximum atomic E-state index is 14.3. The van der Waals surface area contributed by atoms with E-state index < -0.39 is 34.9 Å². The fourth-order valence-electron chi connectivity index (χ4n) is 6.19. The highest BCUT2D eigenvalue weighted by Gasteiger charge is 2.53. The maximum Gasteiger partial charge on any atom is 0.322 e. The highest BCUT2D eigenvalue weighted by molar-refractivity contribution is 5.94. The van der Waals surface area contributed by atoms with E-state index in [0.717, 1.165) is 6.07 Å². The summed E-state index contributed by atoms with van der Waals surface area (Å²) in [6.07, 6.45) is 3.04. The van der Waals surface area contributed by atoms with Crippen molar-refractivity contribution in [2.24, 2.45) is 11.3 Å². The Morgan fingerprint density at radius 2 is 1.81 bits per heavy atom. The Balaban J connectivity index is 1.36. The summed E-state index contributed by atoms with van der Waals surface area (Å²) in [5.41, 5.74) is -0.500. The van der Waals surface area contributed by atoms with Crippen molar-refractivity contribution in [3.05, 3.63) is 41.3 Å². The average Bonchev–Trinajstić information content (AvgIpc) is 3.34. The van der Waals surface area contributed by atoms with Crippen LogP contribution in [0.3, 0.4) is 0 Å². The Morgan fingerprint density at radius 1 is 1.16 bits per heavy atom. The van der Waals surface area contributed by atoms with Gasteiger partial charge in [0.05, 0.1) is 11.6 Å². The highest BCUT2D eigenvalue weighted by atomic mass is 19.3. The maximum absolute atomic E-state index is 14.3. The number of halogens is 5. The summed E-state index contributed by atoms with van der Waals surface area (Å²) >= 11 is 0. The quantitative estimate of drug-likeness (QED) is 0.401. The van der Waals surface area contributed by atoms with Gasteiger partial charge in [-0.15, -0.1) is 0 Å². The summed E-state index contributed by atoms with van der Waals surface area (Å²) < 4.78 is 73.2. The Bertz CT molecular complexity index is 1220. The van der Waals surface area contributed by atoms with Gasteiger partial charge in [0.15, 0.2) is 5.82 Å². The second-order valence-corrected chi connectivity index (χ2v) is 11.2. The van der Waals surface area contributed by atoms with E-state index in [1.54, 1.807) is 0 Å². The number of anilines is 1. The number of amides is 1. The molecule has 1 aromatic heterocycles. The number of carbonyl (C=O) groups is 1. The van der Waals surface area contributed by atoms with Crippen LogP contribution in [-0.4, -0.2) is 28.5 Å². The zero-order valence-corrected chi connectivity index (χ0v) is 20.4. The fraction of sp³-hybridized carbons (Fsp3) is 0.615. The van der Waals surface area contributed by atoms with Crippen molar-refractivity contribution < 1.29 is 31.3 Å². The molecule has 0 N–H and O–H groups in total. The van der Waals surface area contributed by atoms with Crippen molar-refractivity contribution >= 4 is 11.6 Å². The zero-order valence-electron chi connectivity index (χ0n) is 20.4. The third kappa shape index (κ3) is 4.94. The third-order valence-electron chi connectivity index (χ3n) is 8.43. The number of benzene rings is 1. The SMILES string of the molecule is CC(F)(F)c1nc(C23CCC(CN(C(=O)CC4CC(F)(F)C4)c4cc(F)cc(C#N)c4)(CC2)CC3)no1. The Morgan fingerprint density at radius 3 is 2.35 bits per heavy atom. The van der Waals surface area contributed by atoms with Crippen LogP contribution >= 0.6 is 0 Å². The molecule has 1 amide bonds. The Labute approximate surface area is 210 Å². The van der Waals surface area contributed by atoms with Crippen molar-refractivity contribution in [3.63, 3.8) is 0 Å². The Hall–Kier alpha value is -3.03. The largest absolute Gasteiger partial charge is 0.333 e. The predicted octanol–water partition coefficient (Wildman–Crippen LogP) is 6.25. The smallest absolute Gasteiger partial charge is 0.322 e. The standard InChI is InChI=1S/C26H27F5N4O2/c1-23(28,29)22-33-21(34-37-22)25-5-2-24(3-6-25,4-7-25)15-35(19-9-16(14-32)8-18(27)11-19)20(36)10-17-12-26(30,31)13-17/h8-9,11,17H,2-7,10,12-13,15H2,1H3. The van der Waals surface area contributed by atoms with Crippen LogP contribution < -0.4 is 4.90 Å². The molecule has 6 rings (SSSR count). The van der Waals surface area contributed by atoms with E-state index in [-0.39, 0.29) is 54.2 Å². The third-order valence-corrected chi connectivity index (χ3v) is 8.43. The molecule has 0 radical (unpaired) electrons. The van der Waals surface area contributed by atoms with Gasteiger partial charge >= 0.3 is 5.92 Å². The first kappa shape index (κ1) is 25.6. The fourth-order valence-corrected chi connectivity index (χ4v) is 6.19. The summed E-state index contributed by atoms with van der Waals surface area (Å²) in [7, 11) is 0. The van der Waals surface area contributed by atoms with Crippen LogP contribution in [0.25, 0.3) is 0 Å². The van der Waals surface area contributed by atoms with Crippen LogP contribution in [0.5, 0.6) is 0 Å². The summed E-state index contributed by atoms with van der Waals surface area (Å²) in [5, 5.41) is 13.2. The van der Waals surface area contributed by atoms with Crippen molar-refractivity contribution in [2.75, 3.05) is 11.4 Å². The second kappa shape index (κ2) is 8.77. The number of fused-ring (bicyclic) bond motifs is 3. The van der Waals surface area contributed by atoms with Crippen LogP contribution in [0.15, 0.2) is 22.7 Å². The molecule has 4 aliphatic rings. The molecule has 11 heteroatoms. The molecule has 37 heavy (non-hydrogen) atoms. The summed E-state index contributed by atoms with van der Waals surface area (Å²) in [6.45, 7) is 0.957. The predicted molar refractivity (Wildman–Crippen MR) is 121 cm³/mol. The van der Waals surface area contributed by atoms with Crippen molar-refractivity contribution in [3.8, 4) is 6.07 Å². The molecule has 4 saturated carbocycles. The molecule has 6 nitrogen and oxygen atoms in total. The minimum Gasteiger partial charge on any atom is -0.333 e. The number of nitrogens with zero attached hydrogens (tertiary/aromatic N) is 4. The zero-order chi connectivity index (χ0) is 26.6. The first-order valence-electron chi connectivity index (χ1n) is 12.4. The van der Waals surface area contributed by atoms with Crippen LogP contribution in [0.2, 0.25) is 0 Å². The lowest BCUT2D eigenvalue weighted by atomic mass is 9.53. The van der Waals surface area contributed by atoms with Gasteiger partial charge in [0.25, 0.3) is 5.89 Å². The molecule has 1 aromatic carbocycles. The monoisotopic (exact) mass is 522 g/mol. The number of carbonyl (C=O) groups excluding carboxylic acids is 1. The van der Waals surface area contributed by atoms with Crippen molar-refractivity contribution in [1.82, 2.24) is 10.1 Å². The summed E-state index contributed by atoms with van der Waals surface area (Å²) in [5.74, 6) is -7.90. The number of aromatic nitrogens is 2. The number of nitriles is 1. The van der Waals surface area contributed by atoms with Gasteiger partial charge in [-0.2, -0.15) is 19.0 Å². The summed E-state index contributed by atoms with van der Waals surface area (Å²) in [4.78, 5) is 18.8. The van der Waals surface area contributed by atoms with Gasteiger partial charge in [-0.3, -0.25) is 4.79 Å². The number of hydrogen-bond acceptors (Lipinski definition) is 5. The van der Waals surface area contributed by atoms with Crippen LogP contribution in [0.1, 0.15) is 82.0 Å². The Kier molecular flexibility index (Phi) is 6.07. The van der Waals surface area contributed by atoms with Crippen LogP contribution in [0, 0.1) is 28.5 Å². The van der Waals surface area contributed by atoms with Gasteiger partial charge in [-0.25, -0.2) is 13.2 Å². The molecule has 2 aromatic rings. The van der Waals surface area contributed by atoms with Gasteiger partial charge in [0.2, 0.25) is 11.8 Å². The van der Waals surface area contributed by atoms with Gasteiger partial charge in [-0.05, 0) is 68.1 Å². The van der Waals surface area contributed by atoms with E-state index >= 15 is 0 Å². The molecule has 0 aliphatic heterocycles. The molecule has 0 unspecified atom stereocenters. The number of rotatable bonds is 7. The molecule has 0 atom stereocenters. The van der Waals surface area contributed by atoms with Gasteiger partial charge in [0.1, 0.15) is 5.82 Å². The summed E-state index contributed by atoms with van der Waals surface area (Å²) in [6, 6.07) is 5.59. The molecular weight excluding hydrogens is 495 g/mol. The molecule has 2 bridgehead atoms. The van der Waals surface area contributed by atoms with Gasteiger partial charge in [0, 0.05) is 43.8 Å². The average molecular weight is 523 g/mol. The minimum atomic E-state index is -3.23. The van der Waals surface area contributed by atoms with E-state index in [4.69, 9.17) is 4.52 Å². The first-order chi connectivity index (χ1) is 17.3. The lowest BCUT2D eigenvalue weighted by Gasteiger charge is -2.53. The van der Waals surface area contributed by atoms with E-state index in [1.165, 1.54) is 17.0 Å². The van der Waals surface area contributed by atoms with E-state index in [2.05, 4.69) is 10.1 Å². The minimum absolute atomic E-state index is 0.0624. The van der Waals surface area contributed by atoms with Crippen LogP contribution in [-0.2, 0) is 16.1 Å². The second-order valence-electron chi connectivity index (χ2n) is 11.2. The van der Waals surface area contributed by atoms with E-state index in [9.17, 15) is 32.0 Å². The normalized spacial score (nSPS) is 26.9.